The third-order valence-electron chi connectivity index (χ3n) is 3.20. The van der Waals surface area contributed by atoms with E-state index in [2.05, 4.69) is 10.6 Å². The van der Waals surface area contributed by atoms with Gasteiger partial charge in [-0.15, -0.1) is 0 Å². The lowest BCUT2D eigenvalue weighted by Crippen LogP contribution is -2.36. The van der Waals surface area contributed by atoms with Crippen molar-refractivity contribution in [2.75, 3.05) is 6.54 Å². The molecule has 1 aromatic heterocycles. The molecule has 0 spiro atoms. The van der Waals surface area contributed by atoms with Crippen LogP contribution in [0.1, 0.15) is 22.6 Å². The molecule has 0 aliphatic heterocycles. The van der Waals surface area contributed by atoms with Gasteiger partial charge < -0.3 is 15.1 Å². The quantitative estimate of drug-likeness (QED) is 0.887. The summed E-state index contributed by atoms with van der Waals surface area (Å²) in [6.45, 7) is 4.83. The van der Waals surface area contributed by atoms with Crippen molar-refractivity contribution < 1.29 is 9.21 Å². The third-order valence-corrected chi connectivity index (χ3v) is 3.45. The topological polar surface area (TPSA) is 54.3 Å². The monoisotopic (exact) mass is 306 g/mol. The molecule has 112 valence electrons. The van der Waals surface area contributed by atoms with Crippen LogP contribution in [0.2, 0.25) is 5.02 Å². The first-order chi connectivity index (χ1) is 10.0. The molecule has 0 atom stereocenters. The third kappa shape index (κ3) is 4.83. The van der Waals surface area contributed by atoms with Crippen LogP contribution in [-0.2, 0) is 13.0 Å². The lowest BCUT2D eigenvalue weighted by Gasteiger charge is -2.07. The van der Waals surface area contributed by atoms with Gasteiger partial charge in [-0.25, -0.2) is 4.79 Å². The predicted octanol–water partition coefficient (Wildman–Crippen LogP) is 3.59. The van der Waals surface area contributed by atoms with Gasteiger partial charge in [0.1, 0.15) is 11.5 Å². The van der Waals surface area contributed by atoms with E-state index >= 15 is 0 Å². The van der Waals surface area contributed by atoms with E-state index in [0.29, 0.717) is 13.1 Å². The molecule has 5 heteroatoms. The van der Waals surface area contributed by atoms with E-state index in [1.165, 1.54) is 0 Å². The Labute approximate surface area is 129 Å². The lowest BCUT2D eigenvalue weighted by molar-refractivity contribution is 0.240. The fourth-order valence-electron chi connectivity index (χ4n) is 2.07. The van der Waals surface area contributed by atoms with Crippen LogP contribution in [0.5, 0.6) is 0 Å². The second kappa shape index (κ2) is 7.18. The van der Waals surface area contributed by atoms with Crippen molar-refractivity contribution in [2.45, 2.75) is 26.8 Å². The molecule has 0 bridgehead atoms. The molecule has 0 aliphatic carbocycles. The van der Waals surface area contributed by atoms with Crippen molar-refractivity contribution in [3.8, 4) is 0 Å². The van der Waals surface area contributed by atoms with Crippen molar-refractivity contribution in [3.05, 3.63) is 58.0 Å². The van der Waals surface area contributed by atoms with E-state index in [-0.39, 0.29) is 6.03 Å². The number of halogens is 1. The first-order valence-corrected chi connectivity index (χ1v) is 7.24. The number of rotatable bonds is 5. The molecule has 0 fully saturated rings. The van der Waals surface area contributed by atoms with Crippen LogP contribution < -0.4 is 10.6 Å². The molecule has 21 heavy (non-hydrogen) atoms. The molecule has 0 radical (unpaired) electrons. The van der Waals surface area contributed by atoms with Crippen molar-refractivity contribution in [2.24, 2.45) is 0 Å². The van der Waals surface area contributed by atoms with E-state index in [1.807, 2.05) is 44.2 Å². The van der Waals surface area contributed by atoms with Gasteiger partial charge in [-0.2, -0.15) is 0 Å². The predicted molar refractivity (Wildman–Crippen MR) is 83.6 cm³/mol. The number of hydrogen-bond acceptors (Lipinski definition) is 2. The first kappa shape index (κ1) is 15.4. The minimum Gasteiger partial charge on any atom is -0.466 e. The number of nitrogens with one attached hydrogen (secondary N) is 2. The van der Waals surface area contributed by atoms with Crippen LogP contribution >= 0.6 is 11.6 Å². The highest BCUT2D eigenvalue weighted by molar-refractivity contribution is 6.30. The molecule has 0 aliphatic rings. The standard InChI is InChI=1S/C16H19ClN2O2/c1-11-9-14(12(2)21-11)10-19-16(20)18-8-7-13-3-5-15(17)6-4-13/h3-6,9H,7-8,10H2,1-2H3,(H2,18,19,20). The average molecular weight is 307 g/mol. The SMILES string of the molecule is Cc1cc(CNC(=O)NCCc2ccc(Cl)cc2)c(C)o1. The minimum atomic E-state index is -0.179. The van der Waals surface area contributed by atoms with Gasteiger partial charge in [-0.3, -0.25) is 0 Å². The van der Waals surface area contributed by atoms with Gasteiger partial charge in [0.05, 0.1) is 0 Å². The Balaban J connectivity index is 1.70. The summed E-state index contributed by atoms with van der Waals surface area (Å²) >= 11 is 5.82. The largest absolute Gasteiger partial charge is 0.466 e. The Hall–Kier alpha value is -1.94. The van der Waals surface area contributed by atoms with Gasteiger partial charge in [-0.05, 0) is 44.0 Å². The Morgan fingerprint density at radius 3 is 2.52 bits per heavy atom. The summed E-state index contributed by atoms with van der Waals surface area (Å²) < 4.78 is 5.41. The maximum absolute atomic E-state index is 11.7. The summed E-state index contributed by atoms with van der Waals surface area (Å²) in [4.78, 5) is 11.7. The van der Waals surface area contributed by atoms with Crippen molar-refractivity contribution in [1.82, 2.24) is 10.6 Å². The van der Waals surface area contributed by atoms with Crippen molar-refractivity contribution in [3.63, 3.8) is 0 Å². The molecule has 2 amide bonds. The highest BCUT2D eigenvalue weighted by Crippen LogP contribution is 2.13. The highest BCUT2D eigenvalue weighted by atomic mass is 35.5. The maximum atomic E-state index is 11.7. The number of furan rings is 1. The Bertz CT molecular complexity index is 605. The van der Waals surface area contributed by atoms with Gasteiger partial charge in [0, 0.05) is 23.7 Å². The van der Waals surface area contributed by atoms with Gasteiger partial charge in [0.25, 0.3) is 0 Å². The van der Waals surface area contributed by atoms with Crippen LogP contribution in [0, 0.1) is 13.8 Å². The second-order valence-corrected chi connectivity index (χ2v) is 5.36. The number of hydrogen-bond donors (Lipinski definition) is 2. The molecule has 2 N–H and O–H groups in total. The molecule has 2 aromatic rings. The maximum Gasteiger partial charge on any atom is 0.315 e. The Kier molecular flexibility index (Phi) is 5.28. The zero-order valence-electron chi connectivity index (χ0n) is 12.2. The van der Waals surface area contributed by atoms with Crippen LogP contribution in [0.3, 0.4) is 0 Å². The van der Waals surface area contributed by atoms with E-state index in [4.69, 9.17) is 16.0 Å². The van der Waals surface area contributed by atoms with Crippen LogP contribution in [0.15, 0.2) is 34.7 Å². The summed E-state index contributed by atoms with van der Waals surface area (Å²) in [7, 11) is 0. The molecule has 1 aromatic carbocycles. The van der Waals surface area contributed by atoms with Crippen molar-refractivity contribution in [1.29, 1.82) is 0 Å². The molecule has 0 unspecified atom stereocenters. The fraction of sp³-hybridized carbons (Fsp3) is 0.312. The van der Waals surface area contributed by atoms with Crippen molar-refractivity contribution >= 4 is 17.6 Å². The number of carbonyl (C=O) groups is 1. The molecule has 0 saturated carbocycles. The van der Waals surface area contributed by atoms with Crippen LogP contribution in [0.4, 0.5) is 4.79 Å². The van der Waals surface area contributed by atoms with E-state index in [1.54, 1.807) is 0 Å². The molecule has 0 saturated heterocycles. The number of carbonyl (C=O) groups excluding carboxylic acids is 1. The van der Waals surface area contributed by atoms with Crippen LogP contribution in [0.25, 0.3) is 0 Å². The summed E-state index contributed by atoms with van der Waals surface area (Å²) in [5.74, 6) is 1.70. The number of aryl methyl sites for hydroxylation is 2. The number of amides is 2. The zero-order chi connectivity index (χ0) is 15.2. The Morgan fingerprint density at radius 2 is 1.90 bits per heavy atom. The average Bonchev–Trinajstić information content (AvgIpc) is 2.77. The minimum absolute atomic E-state index is 0.179. The Morgan fingerprint density at radius 1 is 1.19 bits per heavy atom. The molecular formula is C16H19ClN2O2. The number of benzene rings is 1. The number of urea groups is 1. The van der Waals surface area contributed by atoms with E-state index < -0.39 is 0 Å². The molecule has 2 rings (SSSR count). The first-order valence-electron chi connectivity index (χ1n) is 6.86. The summed E-state index contributed by atoms with van der Waals surface area (Å²) in [5, 5.41) is 6.36. The van der Waals surface area contributed by atoms with E-state index in [0.717, 1.165) is 34.1 Å². The second-order valence-electron chi connectivity index (χ2n) is 4.92. The van der Waals surface area contributed by atoms with E-state index in [9.17, 15) is 4.79 Å². The van der Waals surface area contributed by atoms with Gasteiger partial charge >= 0.3 is 6.03 Å². The molecular weight excluding hydrogens is 288 g/mol. The van der Waals surface area contributed by atoms with Gasteiger partial charge in [0.2, 0.25) is 0 Å². The van der Waals surface area contributed by atoms with Gasteiger partial charge in [-0.1, -0.05) is 23.7 Å². The summed E-state index contributed by atoms with van der Waals surface area (Å²) in [6, 6.07) is 9.37. The molecule has 4 nitrogen and oxygen atoms in total. The zero-order valence-corrected chi connectivity index (χ0v) is 13.0. The normalized spacial score (nSPS) is 10.4. The lowest BCUT2D eigenvalue weighted by atomic mass is 10.1. The highest BCUT2D eigenvalue weighted by Gasteiger charge is 2.06. The summed E-state index contributed by atoms with van der Waals surface area (Å²) in [6.07, 6.45) is 0.772. The van der Waals surface area contributed by atoms with Crippen LogP contribution in [-0.4, -0.2) is 12.6 Å². The fourth-order valence-corrected chi connectivity index (χ4v) is 2.19. The molecule has 1 heterocycles. The summed E-state index contributed by atoms with van der Waals surface area (Å²) in [5.41, 5.74) is 2.14. The van der Waals surface area contributed by atoms with Gasteiger partial charge in [0.15, 0.2) is 0 Å². The smallest absolute Gasteiger partial charge is 0.315 e.